The third-order valence-electron chi connectivity index (χ3n) is 2.96. The summed E-state index contributed by atoms with van der Waals surface area (Å²) >= 11 is 1.55. The zero-order valence-electron chi connectivity index (χ0n) is 10.5. The van der Waals surface area contributed by atoms with Gasteiger partial charge in [-0.05, 0) is 29.5 Å². The van der Waals surface area contributed by atoms with Crippen LogP contribution in [-0.2, 0) is 11.2 Å². The molecule has 0 spiro atoms. The van der Waals surface area contributed by atoms with Gasteiger partial charge >= 0.3 is 0 Å². The number of rotatable bonds is 2. The number of carbonyl (C=O) groups is 1. The zero-order valence-corrected chi connectivity index (χ0v) is 11.3. The first-order valence-corrected chi connectivity index (χ1v) is 6.79. The normalized spacial score (nSPS) is 17.6. The quantitative estimate of drug-likeness (QED) is 0.627. The number of fused-ring (bicyclic) bond motifs is 1. The molecule has 2 rings (SSSR count). The Morgan fingerprint density at radius 2 is 2.17 bits per heavy atom. The SMILES string of the molecule is CC(C)c1cccc2c1CC(C(=O)N=C(N)N)S2. The first kappa shape index (κ1) is 13.0. The van der Waals surface area contributed by atoms with E-state index in [9.17, 15) is 4.79 Å². The molecule has 0 saturated carbocycles. The maximum atomic E-state index is 11.8. The second kappa shape index (κ2) is 5.02. The Morgan fingerprint density at radius 1 is 1.44 bits per heavy atom. The number of nitrogens with two attached hydrogens (primary N) is 2. The highest BCUT2D eigenvalue weighted by molar-refractivity contribution is 8.01. The number of amides is 1. The van der Waals surface area contributed by atoms with Crippen LogP contribution in [0.5, 0.6) is 0 Å². The first-order valence-electron chi connectivity index (χ1n) is 5.91. The lowest BCUT2D eigenvalue weighted by Gasteiger charge is -2.10. The van der Waals surface area contributed by atoms with Crippen molar-refractivity contribution in [3.05, 3.63) is 29.3 Å². The van der Waals surface area contributed by atoms with E-state index in [0.29, 0.717) is 12.3 Å². The maximum absolute atomic E-state index is 11.8. The molecule has 1 aliphatic rings. The highest BCUT2D eigenvalue weighted by Gasteiger charge is 2.30. The molecule has 1 unspecified atom stereocenters. The van der Waals surface area contributed by atoms with E-state index < -0.39 is 0 Å². The van der Waals surface area contributed by atoms with Gasteiger partial charge in [-0.15, -0.1) is 11.8 Å². The number of thioether (sulfide) groups is 1. The second-order valence-electron chi connectivity index (χ2n) is 4.66. The lowest BCUT2D eigenvalue weighted by Crippen LogP contribution is -2.27. The van der Waals surface area contributed by atoms with Crippen LogP contribution in [0.15, 0.2) is 28.1 Å². The fraction of sp³-hybridized carbons (Fsp3) is 0.385. The Hall–Kier alpha value is -1.49. The van der Waals surface area contributed by atoms with Gasteiger partial charge in [0.15, 0.2) is 5.96 Å². The molecule has 4 N–H and O–H groups in total. The van der Waals surface area contributed by atoms with Crippen LogP contribution in [0.25, 0.3) is 0 Å². The number of guanidine groups is 1. The number of benzene rings is 1. The summed E-state index contributed by atoms with van der Waals surface area (Å²) in [5.74, 6) is 0.0454. The Balaban J connectivity index is 2.25. The number of carbonyl (C=O) groups excluding carboxylic acids is 1. The molecule has 1 aliphatic heterocycles. The summed E-state index contributed by atoms with van der Waals surface area (Å²) in [5.41, 5.74) is 13.1. The van der Waals surface area contributed by atoms with E-state index >= 15 is 0 Å². The predicted molar refractivity (Wildman–Crippen MR) is 74.7 cm³/mol. The van der Waals surface area contributed by atoms with Crippen molar-refractivity contribution < 1.29 is 4.79 Å². The molecule has 0 saturated heterocycles. The minimum Gasteiger partial charge on any atom is -0.370 e. The molecule has 1 atom stereocenters. The largest absolute Gasteiger partial charge is 0.370 e. The van der Waals surface area contributed by atoms with Gasteiger partial charge in [0.1, 0.15) is 0 Å². The van der Waals surface area contributed by atoms with Crippen molar-refractivity contribution in [3.63, 3.8) is 0 Å². The fourth-order valence-electron chi connectivity index (χ4n) is 2.17. The van der Waals surface area contributed by atoms with Crippen LogP contribution in [0.4, 0.5) is 0 Å². The molecule has 18 heavy (non-hydrogen) atoms. The van der Waals surface area contributed by atoms with Gasteiger partial charge in [-0.3, -0.25) is 4.79 Å². The Bertz CT molecular complexity index is 507. The Morgan fingerprint density at radius 3 is 2.78 bits per heavy atom. The maximum Gasteiger partial charge on any atom is 0.262 e. The molecule has 4 nitrogen and oxygen atoms in total. The summed E-state index contributed by atoms with van der Waals surface area (Å²) < 4.78 is 0. The summed E-state index contributed by atoms with van der Waals surface area (Å²) in [6.07, 6.45) is 0.712. The van der Waals surface area contributed by atoms with Crippen LogP contribution < -0.4 is 11.5 Å². The van der Waals surface area contributed by atoms with Crippen LogP contribution in [0.2, 0.25) is 0 Å². The minimum absolute atomic E-state index is 0.166. The van der Waals surface area contributed by atoms with E-state index in [2.05, 4.69) is 31.0 Å². The van der Waals surface area contributed by atoms with E-state index in [1.54, 1.807) is 11.8 Å². The molecule has 0 aromatic heterocycles. The zero-order chi connectivity index (χ0) is 13.3. The lowest BCUT2D eigenvalue weighted by atomic mass is 9.94. The second-order valence-corrected chi connectivity index (χ2v) is 5.91. The molecule has 0 fully saturated rings. The van der Waals surface area contributed by atoms with Gasteiger partial charge in [0, 0.05) is 4.90 Å². The molecule has 5 heteroatoms. The molecule has 0 radical (unpaired) electrons. The van der Waals surface area contributed by atoms with Gasteiger partial charge in [0.2, 0.25) is 0 Å². The van der Waals surface area contributed by atoms with Gasteiger partial charge < -0.3 is 11.5 Å². The number of aliphatic imine (C=N–C) groups is 1. The number of hydrogen-bond acceptors (Lipinski definition) is 2. The van der Waals surface area contributed by atoms with Gasteiger partial charge in [-0.1, -0.05) is 26.0 Å². The summed E-state index contributed by atoms with van der Waals surface area (Å²) in [7, 11) is 0. The molecule has 1 aromatic rings. The average Bonchev–Trinajstić information content (AvgIpc) is 2.70. The third-order valence-corrected chi connectivity index (χ3v) is 4.25. The van der Waals surface area contributed by atoms with Crippen LogP contribution in [0, 0.1) is 0 Å². The minimum atomic E-state index is -0.245. The lowest BCUT2D eigenvalue weighted by molar-refractivity contribution is -0.117. The van der Waals surface area contributed by atoms with E-state index in [-0.39, 0.29) is 17.1 Å². The summed E-state index contributed by atoms with van der Waals surface area (Å²) in [6.45, 7) is 4.32. The standard InChI is InChI=1S/C13H17N3OS/c1-7(2)8-4-3-5-10-9(8)6-11(18-10)12(17)16-13(14)15/h3-5,7,11H,6H2,1-2H3,(H4,14,15,16,17). The van der Waals surface area contributed by atoms with Gasteiger partial charge in [-0.25, -0.2) is 0 Å². The Labute approximate surface area is 111 Å². The number of nitrogens with zero attached hydrogens (tertiary/aromatic N) is 1. The van der Waals surface area contributed by atoms with Crippen molar-refractivity contribution in [2.75, 3.05) is 0 Å². The van der Waals surface area contributed by atoms with E-state index in [1.807, 2.05) is 6.07 Å². The summed E-state index contributed by atoms with van der Waals surface area (Å²) in [5, 5.41) is -0.193. The van der Waals surface area contributed by atoms with E-state index in [4.69, 9.17) is 11.5 Å². The highest BCUT2D eigenvalue weighted by atomic mass is 32.2. The van der Waals surface area contributed by atoms with Crippen LogP contribution in [0.3, 0.4) is 0 Å². The van der Waals surface area contributed by atoms with Gasteiger partial charge in [-0.2, -0.15) is 4.99 Å². The van der Waals surface area contributed by atoms with Crippen molar-refractivity contribution in [2.45, 2.75) is 36.3 Å². The monoisotopic (exact) mass is 263 g/mol. The van der Waals surface area contributed by atoms with Gasteiger partial charge in [0.05, 0.1) is 5.25 Å². The summed E-state index contributed by atoms with van der Waals surface area (Å²) in [4.78, 5) is 16.6. The van der Waals surface area contributed by atoms with Crippen LogP contribution in [0.1, 0.15) is 30.9 Å². The van der Waals surface area contributed by atoms with Crippen molar-refractivity contribution in [2.24, 2.45) is 16.5 Å². The molecule has 0 bridgehead atoms. The highest BCUT2D eigenvalue weighted by Crippen LogP contribution is 2.41. The third kappa shape index (κ3) is 2.51. The molecule has 1 amide bonds. The molecule has 1 heterocycles. The summed E-state index contributed by atoms with van der Waals surface area (Å²) in [6, 6.07) is 6.21. The van der Waals surface area contributed by atoms with Crippen molar-refractivity contribution in [1.82, 2.24) is 0 Å². The topological polar surface area (TPSA) is 81.5 Å². The van der Waals surface area contributed by atoms with Crippen molar-refractivity contribution in [1.29, 1.82) is 0 Å². The van der Waals surface area contributed by atoms with E-state index in [1.165, 1.54) is 16.0 Å². The predicted octanol–water partition coefficient (Wildman–Crippen LogP) is 1.63. The molecule has 0 aliphatic carbocycles. The number of hydrogen-bond donors (Lipinski definition) is 2. The first-order chi connectivity index (χ1) is 8.49. The average molecular weight is 263 g/mol. The molecular weight excluding hydrogens is 246 g/mol. The fourth-order valence-corrected chi connectivity index (χ4v) is 3.38. The Kier molecular flexibility index (Phi) is 3.61. The van der Waals surface area contributed by atoms with Crippen LogP contribution in [-0.4, -0.2) is 17.1 Å². The van der Waals surface area contributed by atoms with Crippen molar-refractivity contribution >= 4 is 23.6 Å². The van der Waals surface area contributed by atoms with Crippen LogP contribution >= 0.6 is 11.8 Å². The molecule has 1 aromatic carbocycles. The van der Waals surface area contributed by atoms with E-state index in [0.717, 1.165) is 0 Å². The molecule has 96 valence electrons. The van der Waals surface area contributed by atoms with Gasteiger partial charge in [0.25, 0.3) is 5.91 Å². The smallest absolute Gasteiger partial charge is 0.262 e. The van der Waals surface area contributed by atoms with Crippen molar-refractivity contribution in [3.8, 4) is 0 Å². The molecular formula is C13H17N3OS.